The third-order valence-electron chi connectivity index (χ3n) is 17.1. The zero-order valence-corrected chi connectivity index (χ0v) is 66.7. The third kappa shape index (κ3) is 78.8. The lowest BCUT2D eigenvalue weighted by Gasteiger charge is -2.21. The fourth-order valence-electron chi connectivity index (χ4n) is 10.9. The van der Waals surface area contributed by atoms with E-state index in [-0.39, 0.29) is 19.3 Å². The molecule has 0 aliphatic carbocycles. The van der Waals surface area contributed by atoms with Crippen LogP contribution in [0, 0.1) is 0 Å². The van der Waals surface area contributed by atoms with E-state index in [1.807, 2.05) is 0 Å². The SMILES string of the molecule is CCC/C=C\C/C=C\CCCCCCCC(=O)OC(COC(=O)CCCCCCCCC/C=C\C/C=C\C/C=C\C/C=C\CCCCC)COP(=O)(O)OCC(O)COP(=O)(O)OCC(O)COC(=O)CCCCCCCCCCCCCCCCC/C=C\C/C=C\C/C=C\C/C=C\CCCCC. The van der Waals surface area contributed by atoms with Gasteiger partial charge < -0.3 is 34.2 Å². The Kier molecular flexibility index (Phi) is 74.5. The Bertz CT molecular complexity index is 2360. The highest BCUT2D eigenvalue weighted by Gasteiger charge is 2.29. The highest BCUT2D eigenvalue weighted by molar-refractivity contribution is 7.47. The normalized spacial score (nSPS) is 14.6. The molecule has 0 spiro atoms. The predicted molar refractivity (Wildman–Crippen MR) is 427 cm³/mol. The molecule has 5 atom stereocenters. The molecule has 0 aromatic carbocycles. The standard InChI is InChI=1S/C85H148O16P2/c1-4-7-10-13-16-19-22-25-27-29-31-33-35-36-37-38-39-40-41-42-44-46-47-49-51-54-56-59-62-65-68-71-83(88)95-74-80(86)75-97-102(91,92)98-76-81(87)77-99-103(93,94)100-79-82(101-85(90)73-70-67-64-61-58-53-24-21-18-15-12-9-6-3)78-96-84(89)72-69-66-63-60-57-55-52-50-48-45-43-34-32-30-28-26-23-20-17-14-11-8-5-2/h12,15-17,19-21,24-28,31-34,36-37,45,48,80-82,86-87H,4-11,13-14,18,22-23,29-30,35,38-44,46-47,49-79H2,1-3H3,(H,91,92)(H,93,94)/b15-12-,19-16-,20-17-,24-21-,27-25-,28-26-,33-31-,34-32-,37-36-,48-45-. The first-order valence-electron chi connectivity index (χ1n) is 40.8. The van der Waals surface area contributed by atoms with Gasteiger partial charge in [-0.1, -0.05) is 309 Å². The summed E-state index contributed by atoms with van der Waals surface area (Å²) < 4.78 is 61.1. The summed E-state index contributed by atoms with van der Waals surface area (Å²) in [6.45, 7) is 2.55. The largest absolute Gasteiger partial charge is 0.472 e. The number of carbonyl (C=O) groups excluding carboxylic acids is 3. The van der Waals surface area contributed by atoms with Crippen molar-refractivity contribution in [3.05, 3.63) is 122 Å². The van der Waals surface area contributed by atoms with Gasteiger partial charge in [-0.15, -0.1) is 0 Å². The fraction of sp³-hybridized carbons (Fsp3) is 0.729. The van der Waals surface area contributed by atoms with Crippen LogP contribution in [0.2, 0.25) is 0 Å². The molecule has 0 fully saturated rings. The Hall–Kier alpha value is -4.05. The number of aliphatic hydroxyl groups is 2. The van der Waals surface area contributed by atoms with E-state index in [0.29, 0.717) is 19.3 Å². The van der Waals surface area contributed by atoms with Crippen LogP contribution in [0.5, 0.6) is 0 Å². The summed E-state index contributed by atoms with van der Waals surface area (Å²) in [5.41, 5.74) is 0. The summed E-state index contributed by atoms with van der Waals surface area (Å²) in [6.07, 6.45) is 92.6. The molecule has 0 aliphatic rings. The van der Waals surface area contributed by atoms with Gasteiger partial charge in [0.2, 0.25) is 0 Å². The van der Waals surface area contributed by atoms with Crippen molar-refractivity contribution in [2.75, 3.05) is 39.6 Å². The maximum absolute atomic E-state index is 12.9. The third-order valence-corrected chi connectivity index (χ3v) is 19.0. The van der Waals surface area contributed by atoms with Gasteiger partial charge in [-0.2, -0.15) is 0 Å². The van der Waals surface area contributed by atoms with Crippen LogP contribution in [0.4, 0.5) is 0 Å². The number of unbranched alkanes of at least 4 members (excludes halogenated alkanes) is 34. The number of carbonyl (C=O) groups is 3. The van der Waals surface area contributed by atoms with E-state index in [1.165, 1.54) is 128 Å². The van der Waals surface area contributed by atoms with Crippen LogP contribution >= 0.6 is 15.6 Å². The molecule has 0 bridgehead atoms. The molecule has 0 saturated heterocycles. The molecule has 0 heterocycles. The van der Waals surface area contributed by atoms with E-state index in [0.717, 1.165) is 154 Å². The predicted octanol–water partition coefficient (Wildman–Crippen LogP) is 24.1. The molecule has 0 aromatic rings. The van der Waals surface area contributed by atoms with Gasteiger partial charge in [0.25, 0.3) is 0 Å². The molecule has 0 aliphatic heterocycles. The Morgan fingerprint density at radius 3 is 0.806 bits per heavy atom. The van der Waals surface area contributed by atoms with E-state index >= 15 is 0 Å². The molecule has 5 unspecified atom stereocenters. The number of hydrogen-bond acceptors (Lipinski definition) is 14. The summed E-state index contributed by atoms with van der Waals surface area (Å²) in [5, 5.41) is 20.6. The second kappa shape index (κ2) is 77.6. The average Bonchev–Trinajstić information content (AvgIpc) is 0.931. The number of allylic oxidation sites excluding steroid dienone is 20. The molecule has 0 saturated carbocycles. The van der Waals surface area contributed by atoms with Gasteiger partial charge in [0.15, 0.2) is 6.10 Å². The number of phosphoric ester groups is 2. The summed E-state index contributed by atoms with van der Waals surface area (Å²) in [5.74, 6) is -1.60. The van der Waals surface area contributed by atoms with Crippen LogP contribution < -0.4 is 0 Å². The molecule has 0 aromatic heterocycles. The molecule has 594 valence electrons. The summed E-state index contributed by atoms with van der Waals surface area (Å²) in [7, 11) is -9.80. The van der Waals surface area contributed by atoms with Gasteiger partial charge in [-0.05, 0) is 135 Å². The minimum absolute atomic E-state index is 0.0841. The minimum atomic E-state index is -4.94. The zero-order valence-electron chi connectivity index (χ0n) is 65.0. The van der Waals surface area contributed by atoms with Gasteiger partial charge in [0.05, 0.1) is 26.4 Å². The molecule has 103 heavy (non-hydrogen) atoms. The maximum atomic E-state index is 12.9. The van der Waals surface area contributed by atoms with Gasteiger partial charge >= 0.3 is 33.6 Å². The van der Waals surface area contributed by atoms with Gasteiger partial charge in [-0.25, -0.2) is 9.13 Å². The van der Waals surface area contributed by atoms with Crippen LogP contribution in [0.25, 0.3) is 0 Å². The molecule has 18 heteroatoms. The van der Waals surface area contributed by atoms with Crippen molar-refractivity contribution in [3.8, 4) is 0 Å². The first kappa shape index (κ1) is 98.9. The number of esters is 3. The van der Waals surface area contributed by atoms with Gasteiger partial charge in [-0.3, -0.25) is 32.5 Å². The number of hydrogen-bond donors (Lipinski definition) is 4. The summed E-state index contributed by atoms with van der Waals surface area (Å²) in [4.78, 5) is 58.6. The summed E-state index contributed by atoms with van der Waals surface area (Å²) in [6, 6.07) is 0. The molecule has 4 N–H and O–H groups in total. The first-order chi connectivity index (χ1) is 50.2. The van der Waals surface area contributed by atoms with Crippen LogP contribution in [0.15, 0.2) is 122 Å². The smallest absolute Gasteiger partial charge is 0.463 e. The molecule has 0 rings (SSSR count). The van der Waals surface area contributed by atoms with Crippen molar-refractivity contribution in [1.29, 1.82) is 0 Å². The van der Waals surface area contributed by atoms with Crippen molar-refractivity contribution >= 4 is 33.6 Å². The highest BCUT2D eigenvalue weighted by Crippen LogP contribution is 2.45. The number of aliphatic hydroxyl groups excluding tert-OH is 2. The molecular weight excluding hydrogens is 1340 g/mol. The monoisotopic (exact) mass is 1490 g/mol. The molecule has 0 radical (unpaired) electrons. The van der Waals surface area contributed by atoms with Gasteiger partial charge in [0.1, 0.15) is 25.4 Å². The zero-order chi connectivity index (χ0) is 75.2. The van der Waals surface area contributed by atoms with Crippen LogP contribution in [0.3, 0.4) is 0 Å². The number of ether oxygens (including phenoxy) is 3. The lowest BCUT2D eigenvalue weighted by molar-refractivity contribution is -0.161. The quantitative estimate of drug-likeness (QED) is 0.0146. The van der Waals surface area contributed by atoms with Crippen LogP contribution in [-0.2, 0) is 55.8 Å². The Labute approximate surface area is 627 Å². The van der Waals surface area contributed by atoms with E-state index in [9.17, 15) is 43.5 Å². The van der Waals surface area contributed by atoms with E-state index in [2.05, 4.69) is 142 Å². The van der Waals surface area contributed by atoms with E-state index < -0.39 is 91.5 Å². The van der Waals surface area contributed by atoms with E-state index in [1.54, 1.807) is 0 Å². The Balaban J connectivity index is 4.46. The van der Waals surface area contributed by atoms with Crippen molar-refractivity contribution in [1.82, 2.24) is 0 Å². The van der Waals surface area contributed by atoms with Crippen LogP contribution in [0.1, 0.15) is 342 Å². The number of phosphoric acid groups is 2. The molecule has 0 amide bonds. The lowest BCUT2D eigenvalue weighted by atomic mass is 10.0. The summed E-state index contributed by atoms with van der Waals surface area (Å²) >= 11 is 0. The minimum Gasteiger partial charge on any atom is -0.463 e. The van der Waals surface area contributed by atoms with Gasteiger partial charge in [0, 0.05) is 19.3 Å². The molecule has 16 nitrogen and oxygen atoms in total. The number of rotatable bonds is 77. The van der Waals surface area contributed by atoms with Crippen molar-refractivity contribution in [2.24, 2.45) is 0 Å². The average molecular weight is 1490 g/mol. The fourth-order valence-corrected chi connectivity index (χ4v) is 12.5. The molecular formula is C85H148O16P2. The second-order valence-electron chi connectivity index (χ2n) is 27.2. The van der Waals surface area contributed by atoms with Crippen molar-refractivity contribution in [3.63, 3.8) is 0 Å². The van der Waals surface area contributed by atoms with Crippen LogP contribution in [-0.4, -0.2) is 95.9 Å². The highest BCUT2D eigenvalue weighted by atomic mass is 31.2. The Morgan fingerprint density at radius 1 is 0.272 bits per heavy atom. The van der Waals surface area contributed by atoms with Crippen molar-refractivity contribution < 1.29 is 75.8 Å². The Morgan fingerprint density at radius 2 is 0.505 bits per heavy atom. The van der Waals surface area contributed by atoms with Crippen molar-refractivity contribution in [2.45, 2.75) is 360 Å². The maximum Gasteiger partial charge on any atom is 0.472 e. The lowest BCUT2D eigenvalue weighted by Crippen LogP contribution is -2.30. The first-order valence-corrected chi connectivity index (χ1v) is 43.8. The van der Waals surface area contributed by atoms with E-state index in [4.69, 9.17) is 32.3 Å². The second-order valence-corrected chi connectivity index (χ2v) is 30.1. The topological polar surface area (TPSA) is 231 Å².